The quantitative estimate of drug-likeness (QED) is 0.559. The number of nitriles is 1. The Morgan fingerprint density at radius 2 is 1.89 bits per heavy atom. The summed E-state index contributed by atoms with van der Waals surface area (Å²) in [7, 11) is 0. The first kappa shape index (κ1) is 20.2. The van der Waals surface area contributed by atoms with Gasteiger partial charge in [-0.25, -0.2) is 9.97 Å². The minimum atomic E-state index is 0.340. The average Bonchev–Trinajstić information content (AvgIpc) is 3.01. The Bertz CT molecular complexity index is 601. The van der Waals surface area contributed by atoms with Gasteiger partial charge in [0, 0.05) is 43.5 Å². The summed E-state index contributed by atoms with van der Waals surface area (Å²) in [5, 5.41) is 12.8. The molecule has 6 nitrogen and oxygen atoms in total. The van der Waals surface area contributed by atoms with E-state index in [2.05, 4.69) is 32.3 Å². The molecule has 0 atom stereocenters. The van der Waals surface area contributed by atoms with Crippen LogP contribution < -0.4 is 5.32 Å². The first-order valence-electron chi connectivity index (χ1n) is 10.6. The number of hydrogen-bond donors (Lipinski definition) is 1. The molecule has 1 aliphatic carbocycles. The van der Waals surface area contributed by atoms with E-state index in [0.29, 0.717) is 11.7 Å². The van der Waals surface area contributed by atoms with Crippen LogP contribution in [0.15, 0.2) is 6.07 Å². The molecule has 2 heterocycles. The summed E-state index contributed by atoms with van der Waals surface area (Å²) < 4.78 is 5.38. The Morgan fingerprint density at radius 3 is 2.63 bits per heavy atom. The summed E-state index contributed by atoms with van der Waals surface area (Å²) in [5.41, 5.74) is 2.12. The fourth-order valence-electron chi connectivity index (χ4n) is 4.06. The number of hydrogen-bond acceptors (Lipinski definition) is 6. The maximum Gasteiger partial charge on any atom is 0.232 e. The Morgan fingerprint density at radius 1 is 1.11 bits per heavy atom. The highest BCUT2D eigenvalue weighted by atomic mass is 16.5. The largest absolute Gasteiger partial charge is 0.379 e. The van der Waals surface area contributed by atoms with E-state index in [4.69, 9.17) is 4.74 Å². The first-order valence-corrected chi connectivity index (χ1v) is 10.6. The Hall–Kier alpha value is -1.55. The number of rotatable bonds is 8. The van der Waals surface area contributed by atoms with E-state index in [1.54, 1.807) is 0 Å². The van der Waals surface area contributed by atoms with Crippen molar-refractivity contribution in [3.05, 3.63) is 23.3 Å². The van der Waals surface area contributed by atoms with Gasteiger partial charge in [-0.05, 0) is 38.3 Å². The molecule has 1 aliphatic heterocycles. The molecule has 1 aromatic heterocycles. The van der Waals surface area contributed by atoms with Gasteiger partial charge in [-0.1, -0.05) is 25.7 Å². The zero-order valence-electron chi connectivity index (χ0n) is 16.5. The van der Waals surface area contributed by atoms with E-state index in [9.17, 15) is 5.26 Å². The van der Waals surface area contributed by atoms with Gasteiger partial charge in [0.05, 0.1) is 13.2 Å². The number of nitrogens with zero attached hydrogens (tertiary/aromatic N) is 4. The van der Waals surface area contributed by atoms with E-state index in [-0.39, 0.29) is 0 Å². The van der Waals surface area contributed by atoms with Gasteiger partial charge >= 0.3 is 0 Å². The molecule has 0 bridgehead atoms. The first-order chi connectivity index (χ1) is 13.3. The van der Waals surface area contributed by atoms with Crippen LogP contribution in [0.1, 0.15) is 68.1 Å². The molecular formula is C21H33N5O. The number of aryl methyl sites for hydroxylation is 1. The predicted octanol–water partition coefficient (Wildman–Crippen LogP) is 2.64. The van der Waals surface area contributed by atoms with Crippen LogP contribution in [0.2, 0.25) is 0 Å². The Balaban J connectivity index is 1.43. The van der Waals surface area contributed by atoms with Crippen LogP contribution in [0.5, 0.6) is 0 Å². The van der Waals surface area contributed by atoms with Gasteiger partial charge in [-0.15, -0.1) is 0 Å². The molecule has 0 amide bonds. The van der Waals surface area contributed by atoms with Gasteiger partial charge in [0.2, 0.25) is 5.82 Å². The topological polar surface area (TPSA) is 74.1 Å². The van der Waals surface area contributed by atoms with Crippen LogP contribution >= 0.6 is 0 Å². The summed E-state index contributed by atoms with van der Waals surface area (Å²) in [5.74, 6) is 0.847. The summed E-state index contributed by atoms with van der Waals surface area (Å²) in [6.45, 7) is 6.89. The second-order valence-corrected chi connectivity index (χ2v) is 7.72. The van der Waals surface area contributed by atoms with Crippen molar-refractivity contribution in [2.24, 2.45) is 0 Å². The monoisotopic (exact) mass is 371 g/mol. The van der Waals surface area contributed by atoms with Gasteiger partial charge in [-0.3, -0.25) is 4.90 Å². The zero-order chi connectivity index (χ0) is 18.7. The minimum Gasteiger partial charge on any atom is -0.379 e. The molecule has 1 aromatic rings. The minimum absolute atomic E-state index is 0.340. The second-order valence-electron chi connectivity index (χ2n) is 7.72. The van der Waals surface area contributed by atoms with Crippen molar-refractivity contribution >= 4 is 0 Å². The highest BCUT2D eigenvalue weighted by molar-refractivity contribution is 5.21. The second kappa shape index (κ2) is 11.3. The smallest absolute Gasteiger partial charge is 0.232 e. The van der Waals surface area contributed by atoms with Crippen molar-refractivity contribution in [3.63, 3.8) is 0 Å². The number of ether oxygens (including phenoxy) is 1. The van der Waals surface area contributed by atoms with E-state index in [1.165, 1.54) is 38.5 Å². The fourth-order valence-corrected chi connectivity index (χ4v) is 4.06. The van der Waals surface area contributed by atoms with Crippen LogP contribution in [0.4, 0.5) is 0 Å². The molecule has 0 aromatic carbocycles. The molecule has 6 heteroatoms. The van der Waals surface area contributed by atoms with E-state index >= 15 is 0 Å². The molecule has 1 saturated carbocycles. The van der Waals surface area contributed by atoms with Gasteiger partial charge in [0.1, 0.15) is 6.07 Å². The summed E-state index contributed by atoms with van der Waals surface area (Å²) >= 11 is 0. The van der Waals surface area contributed by atoms with Gasteiger partial charge < -0.3 is 10.1 Å². The Kier molecular flexibility index (Phi) is 8.47. The van der Waals surface area contributed by atoms with Crippen molar-refractivity contribution in [1.29, 1.82) is 5.26 Å². The summed E-state index contributed by atoms with van der Waals surface area (Å²) in [4.78, 5) is 11.4. The third kappa shape index (κ3) is 6.84. The number of nitrogens with one attached hydrogen (secondary N) is 1. The molecule has 27 heavy (non-hydrogen) atoms. The van der Waals surface area contributed by atoms with Crippen molar-refractivity contribution < 1.29 is 4.74 Å². The molecule has 0 radical (unpaired) electrons. The van der Waals surface area contributed by atoms with Crippen molar-refractivity contribution in [2.45, 2.75) is 57.3 Å². The number of aromatic nitrogens is 2. The highest BCUT2D eigenvalue weighted by Gasteiger charge is 2.17. The van der Waals surface area contributed by atoms with E-state index in [1.807, 2.05) is 0 Å². The molecule has 148 valence electrons. The van der Waals surface area contributed by atoms with Crippen LogP contribution in [-0.2, 0) is 11.2 Å². The maximum absolute atomic E-state index is 9.30. The third-order valence-corrected chi connectivity index (χ3v) is 5.67. The van der Waals surface area contributed by atoms with Crippen molar-refractivity contribution in [3.8, 4) is 6.07 Å². The molecule has 2 aliphatic rings. The van der Waals surface area contributed by atoms with Crippen molar-refractivity contribution in [1.82, 2.24) is 20.2 Å². The van der Waals surface area contributed by atoms with E-state index in [0.717, 1.165) is 70.2 Å². The summed E-state index contributed by atoms with van der Waals surface area (Å²) in [6, 6.07) is 4.31. The maximum atomic E-state index is 9.30. The SMILES string of the molecule is N#Cc1nc(CCCNCCN2CCOCC2)cc(C2CCCCCC2)n1. The normalized spacial score (nSPS) is 19.5. The zero-order valence-corrected chi connectivity index (χ0v) is 16.5. The standard InChI is InChI=1S/C21H33N5O/c22-17-21-24-19(16-20(25-21)18-6-3-1-2-4-7-18)8-5-9-23-10-11-26-12-14-27-15-13-26/h16,18,23H,1-15H2. The molecule has 2 fully saturated rings. The fraction of sp³-hybridized carbons (Fsp3) is 0.762. The van der Waals surface area contributed by atoms with E-state index < -0.39 is 0 Å². The van der Waals surface area contributed by atoms with Gasteiger partial charge in [-0.2, -0.15) is 5.26 Å². The average molecular weight is 372 g/mol. The van der Waals surface area contributed by atoms with Gasteiger partial charge in [0.15, 0.2) is 0 Å². The number of morpholine rings is 1. The lowest BCUT2D eigenvalue weighted by Gasteiger charge is -2.26. The lowest BCUT2D eigenvalue weighted by molar-refractivity contribution is 0.0384. The Labute approximate surface area is 163 Å². The van der Waals surface area contributed by atoms with Crippen LogP contribution in [0.3, 0.4) is 0 Å². The molecule has 1 saturated heterocycles. The van der Waals surface area contributed by atoms with Crippen LogP contribution in [-0.4, -0.2) is 60.8 Å². The lowest BCUT2D eigenvalue weighted by Crippen LogP contribution is -2.40. The van der Waals surface area contributed by atoms with Gasteiger partial charge in [0.25, 0.3) is 0 Å². The molecular weight excluding hydrogens is 338 g/mol. The molecule has 1 N–H and O–H groups in total. The van der Waals surface area contributed by atoms with Crippen molar-refractivity contribution in [2.75, 3.05) is 45.9 Å². The lowest BCUT2D eigenvalue weighted by atomic mass is 9.95. The third-order valence-electron chi connectivity index (χ3n) is 5.67. The molecule has 0 unspecified atom stereocenters. The highest BCUT2D eigenvalue weighted by Crippen LogP contribution is 2.30. The van der Waals surface area contributed by atoms with Crippen LogP contribution in [0, 0.1) is 11.3 Å². The van der Waals surface area contributed by atoms with Crippen LogP contribution in [0.25, 0.3) is 0 Å². The molecule has 3 rings (SSSR count). The summed E-state index contributed by atoms with van der Waals surface area (Å²) in [6.07, 6.45) is 9.55. The molecule has 0 spiro atoms. The predicted molar refractivity (Wildman–Crippen MR) is 106 cm³/mol.